The highest BCUT2D eigenvalue weighted by Crippen LogP contribution is 2.25. The molecule has 29 heavy (non-hydrogen) atoms. The Morgan fingerprint density at radius 2 is 2.00 bits per heavy atom. The zero-order chi connectivity index (χ0) is 20.8. The molecular formula is C20H25N5O3S. The Hall–Kier alpha value is -2.81. The van der Waals surface area contributed by atoms with Crippen LogP contribution in [0.5, 0.6) is 0 Å². The molecule has 2 N–H and O–H groups in total. The molecule has 154 valence electrons. The molecule has 0 fully saturated rings. The van der Waals surface area contributed by atoms with Gasteiger partial charge in [-0.05, 0) is 25.8 Å². The van der Waals surface area contributed by atoms with E-state index in [2.05, 4.69) is 20.8 Å². The number of hydrogen-bond donors (Lipinski definition) is 2. The van der Waals surface area contributed by atoms with E-state index in [0.29, 0.717) is 30.0 Å². The van der Waals surface area contributed by atoms with E-state index in [1.54, 1.807) is 6.92 Å². The van der Waals surface area contributed by atoms with Crippen LogP contribution in [0.1, 0.15) is 31.7 Å². The van der Waals surface area contributed by atoms with Crippen molar-refractivity contribution < 1.29 is 14.3 Å². The maximum absolute atomic E-state index is 12.5. The lowest BCUT2D eigenvalue weighted by Gasteiger charge is -2.28. The molecule has 0 saturated carbocycles. The number of aromatic nitrogens is 3. The fourth-order valence-electron chi connectivity index (χ4n) is 3.13. The van der Waals surface area contributed by atoms with Crippen LogP contribution in [0, 0.1) is 6.92 Å². The smallest absolute Gasteiger partial charge is 0.337 e. The van der Waals surface area contributed by atoms with Gasteiger partial charge in [-0.15, -0.1) is 10.2 Å². The van der Waals surface area contributed by atoms with Crippen molar-refractivity contribution in [3.05, 3.63) is 53.0 Å². The van der Waals surface area contributed by atoms with Gasteiger partial charge in [0.25, 0.3) is 0 Å². The summed E-state index contributed by atoms with van der Waals surface area (Å²) in [5.74, 6) is 0.770. The van der Waals surface area contributed by atoms with Gasteiger partial charge in [0.05, 0.1) is 24.8 Å². The van der Waals surface area contributed by atoms with E-state index >= 15 is 0 Å². The van der Waals surface area contributed by atoms with E-state index in [0.717, 1.165) is 16.5 Å². The third-order valence-corrected chi connectivity index (χ3v) is 5.57. The molecule has 0 saturated heterocycles. The Bertz CT molecular complexity index is 910. The Kier molecular flexibility index (Phi) is 6.92. The standard InChI is InChI=1S/C20H25N5O3S/c1-4-15-17(18(26)28-5-2)16(22-19(27)21-15)12-29-20-24-23-13(3)25(20)11-14-9-7-6-8-10-14/h6-10,15H,4-5,11-12H2,1-3H3,(H2,21,22,27)/t15-/m1/s1. The quantitative estimate of drug-likeness (QED) is 0.508. The minimum atomic E-state index is -0.413. The molecule has 0 radical (unpaired) electrons. The first-order valence-electron chi connectivity index (χ1n) is 9.57. The molecule has 8 nitrogen and oxygen atoms in total. The lowest BCUT2D eigenvalue weighted by atomic mass is 10.0. The molecule has 2 aromatic rings. The number of nitrogens with zero attached hydrogens (tertiary/aromatic N) is 3. The fourth-order valence-corrected chi connectivity index (χ4v) is 4.08. The second kappa shape index (κ2) is 9.60. The number of rotatable bonds is 8. The van der Waals surface area contributed by atoms with Crippen molar-refractivity contribution in [2.75, 3.05) is 12.4 Å². The van der Waals surface area contributed by atoms with E-state index in [1.165, 1.54) is 11.8 Å². The second-order valence-electron chi connectivity index (χ2n) is 6.56. The number of thioether (sulfide) groups is 1. The Balaban J connectivity index is 1.83. The van der Waals surface area contributed by atoms with Gasteiger partial charge in [0.15, 0.2) is 5.16 Å². The van der Waals surface area contributed by atoms with Gasteiger partial charge in [0, 0.05) is 11.4 Å². The zero-order valence-electron chi connectivity index (χ0n) is 16.8. The minimum absolute atomic E-state index is 0.276. The number of nitrogens with one attached hydrogen (secondary N) is 2. The summed E-state index contributed by atoms with van der Waals surface area (Å²) in [5, 5.41) is 14.7. The summed E-state index contributed by atoms with van der Waals surface area (Å²) in [6, 6.07) is 9.37. The van der Waals surface area contributed by atoms with Crippen LogP contribution in [0.3, 0.4) is 0 Å². The summed E-state index contributed by atoms with van der Waals surface area (Å²) in [5.41, 5.74) is 2.16. The van der Waals surface area contributed by atoms with Crippen molar-refractivity contribution in [1.29, 1.82) is 0 Å². The van der Waals surface area contributed by atoms with Gasteiger partial charge in [0.2, 0.25) is 0 Å². The summed E-state index contributed by atoms with van der Waals surface area (Å²) in [6.45, 7) is 6.51. The van der Waals surface area contributed by atoms with Gasteiger partial charge in [-0.2, -0.15) is 0 Å². The highest BCUT2D eigenvalue weighted by atomic mass is 32.2. The molecule has 1 aliphatic rings. The fraction of sp³-hybridized carbons (Fsp3) is 0.400. The lowest BCUT2D eigenvalue weighted by Crippen LogP contribution is -2.50. The van der Waals surface area contributed by atoms with Crippen LogP contribution in [0.15, 0.2) is 46.8 Å². The summed E-state index contributed by atoms with van der Waals surface area (Å²) < 4.78 is 7.23. The van der Waals surface area contributed by atoms with Crippen LogP contribution < -0.4 is 10.6 Å². The highest BCUT2D eigenvalue weighted by molar-refractivity contribution is 7.99. The second-order valence-corrected chi connectivity index (χ2v) is 7.50. The topological polar surface area (TPSA) is 98.1 Å². The van der Waals surface area contributed by atoms with Crippen LogP contribution in [0.4, 0.5) is 4.79 Å². The van der Waals surface area contributed by atoms with Gasteiger partial charge in [-0.25, -0.2) is 9.59 Å². The third-order valence-electron chi connectivity index (χ3n) is 4.58. The van der Waals surface area contributed by atoms with Gasteiger partial charge in [-0.3, -0.25) is 0 Å². The number of hydrogen-bond acceptors (Lipinski definition) is 6. The summed E-state index contributed by atoms with van der Waals surface area (Å²) in [6.07, 6.45) is 0.596. The predicted octanol–water partition coefficient (Wildman–Crippen LogP) is 2.64. The maximum Gasteiger partial charge on any atom is 0.337 e. The monoisotopic (exact) mass is 415 g/mol. The summed E-state index contributed by atoms with van der Waals surface area (Å²) in [7, 11) is 0. The van der Waals surface area contributed by atoms with Crippen molar-refractivity contribution >= 4 is 23.8 Å². The van der Waals surface area contributed by atoms with Crippen molar-refractivity contribution in [2.24, 2.45) is 0 Å². The van der Waals surface area contributed by atoms with E-state index in [1.807, 2.05) is 48.7 Å². The number of urea groups is 1. The van der Waals surface area contributed by atoms with Crippen molar-refractivity contribution in [3.8, 4) is 0 Å². The van der Waals surface area contributed by atoms with Gasteiger partial charge in [0.1, 0.15) is 5.82 Å². The molecule has 1 aromatic carbocycles. The first-order valence-corrected chi connectivity index (χ1v) is 10.6. The minimum Gasteiger partial charge on any atom is -0.463 e. The molecule has 0 spiro atoms. The number of esters is 1. The van der Waals surface area contributed by atoms with Crippen molar-refractivity contribution in [2.45, 2.75) is 44.9 Å². The number of carbonyl (C=O) groups is 2. The highest BCUT2D eigenvalue weighted by Gasteiger charge is 2.31. The predicted molar refractivity (Wildman–Crippen MR) is 110 cm³/mol. The van der Waals surface area contributed by atoms with Gasteiger partial charge >= 0.3 is 12.0 Å². The maximum atomic E-state index is 12.5. The molecule has 2 heterocycles. The van der Waals surface area contributed by atoms with Gasteiger partial charge < -0.3 is 19.9 Å². The van der Waals surface area contributed by atoms with E-state index in [4.69, 9.17) is 4.74 Å². The zero-order valence-corrected chi connectivity index (χ0v) is 17.6. The van der Waals surface area contributed by atoms with Crippen molar-refractivity contribution in [3.63, 3.8) is 0 Å². The average molecular weight is 416 g/mol. The number of amides is 2. The molecule has 9 heteroatoms. The lowest BCUT2D eigenvalue weighted by molar-refractivity contribution is -0.139. The number of benzene rings is 1. The number of carbonyl (C=O) groups excluding carboxylic acids is 2. The first-order chi connectivity index (χ1) is 14.0. The molecule has 0 bridgehead atoms. The Labute approximate surface area is 174 Å². The van der Waals surface area contributed by atoms with E-state index < -0.39 is 5.97 Å². The normalized spacial score (nSPS) is 16.4. The van der Waals surface area contributed by atoms with Crippen LogP contribution in [-0.2, 0) is 16.1 Å². The van der Waals surface area contributed by atoms with E-state index in [9.17, 15) is 9.59 Å². The summed E-state index contributed by atoms with van der Waals surface area (Å²) >= 11 is 1.43. The molecule has 0 aliphatic carbocycles. The third kappa shape index (κ3) is 4.97. The molecule has 1 atom stereocenters. The van der Waals surface area contributed by atoms with Crippen LogP contribution >= 0.6 is 11.8 Å². The van der Waals surface area contributed by atoms with E-state index in [-0.39, 0.29) is 18.7 Å². The summed E-state index contributed by atoms with van der Waals surface area (Å²) in [4.78, 5) is 24.5. The molecule has 3 rings (SSSR count). The van der Waals surface area contributed by atoms with Gasteiger partial charge in [-0.1, -0.05) is 49.0 Å². The number of aryl methyl sites for hydroxylation is 1. The Morgan fingerprint density at radius 3 is 2.69 bits per heavy atom. The van der Waals surface area contributed by atoms with Crippen molar-refractivity contribution in [1.82, 2.24) is 25.4 Å². The molecule has 2 amide bonds. The molecule has 1 aliphatic heterocycles. The number of ether oxygens (including phenoxy) is 1. The molecule has 0 unspecified atom stereocenters. The SMILES string of the molecule is CCOC(=O)C1=C(CSc2nnc(C)n2Cc2ccccc2)NC(=O)N[C@@H]1CC. The first kappa shape index (κ1) is 20.9. The largest absolute Gasteiger partial charge is 0.463 e. The van der Waals surface area contributed by atoms with Crippen LogP contribution in [0.2, 0.25) is 0 Å². The van der Waals surface area contributed by atoms with Crippen LogP contribution in [0.25, 0.3) is 0 Å². The molecular weight excluding hydrogens is 390 g/mol. The molecule has 1 aromatic heterocycles. The van der Waals surface area contributed by atoms with Crippen LogP contribution in [-0.4, -0.2) is 45.2 Å². The Morgan fingerprint density at radius 1 is 1.24 bits per heavy atom. The average Bonchev–Trinajstić information content (AvgIpc) is 3.06.